The summed E-state index contributed by atoms with van der Waals surface area (Å²) in [5.41, 5.74) is 1.67. The van der Waals surface area contributed by atoms with E-state index in [-0.39, 0.29) is 46.1 Å². The summed E-state index contributed by atoms with van der Waals surface area (Å²) >= 11 is 3.40. The Morgan fingerprint density at radius 1 is 0.641 bits per heavy atom. The van der Waals surface area contributed by atoms with Crippen molar-refractivity contribution in [2.75, 3.05) is 24.9 Å². The minimum Gasteiger partial charge on any atom is -0.494 e. The molecule has 0 aliphatic rings. The van der Waals surface area contributed by atoms with Crippen LogP contribution in [0.5, 0.6) is 11.5 Å². The molecular weight excluding hydrogens is 911 g/mol. The SMILES string of the molecule is COc1cc(F)c([N+](=O)[O-])cc1Nc1ncc2cccc(-c3cccc(F)c3)c2n1.COc1cc(F)c([N+](=O)[O-])cc1Nc1ncc2cccc(Br)c2n1.OB(O)c1cccc(F)c1. The van der Waals surface area contributed by atoms with E-state index in [9.17, 15) is 37.8 Å². The van der Waals surface area contributed by atoms with Crippen LogP contribution < -0.4 is 25.6 Å². The lowest BCUT2D eigenvalue weighted by molar-refractivity contribution is -0.387. The Hall–Kier alpha value is -7.82. The lowest BCUT2D eigenvalue weighted by Gasteiger charge is -2.12. The van der Waals surface area contributed by atoms with Gasteiger partial charge in [0.2, 0.25) is 23.5 Å². The summed E-state index contributed by atoms with van der Waals surface area (Å²) in [4.78, 5) is 37.5. The first-order valence-corrected chi connectivity index (χ1v) is 19.1. The van der Waals surface area contributed by atoms with Gasteiger partial charge >= 0.3 is 18.5 Å². The number of aromatic nitrogens is 4. The lowest BCUT2D eigenvalue weighted by Crippen LogP contribution is -2.29. The third-order valence-electron chi connectivity index (χ3n) is 8.88. The molecule has 22 heteroatoms. The molecule has 4 N–H and O–H groups in total. The van der Waals surface area contributed by atoms with Gasteiger partial charge in [0.15, 0.2) is 0 Å². The van der Waals surface area contributed by atoms with Crippen molar-refractivity contribution in [1.82, 2.24) is 19.9 Å². The second-order valence-corrected chi connectivity index (χ2v) is 13.9. The lowest BCUT2D eigenvalue weighted by atomic mass is 9.80. The summed E-state index contributed by atoms with van der Waals surface area (Å²) < 4.78 is 64.5. The van der Waals surface area contributed by atoms with Gasteiger partial charge < -0.3 is 30.2 Å². The summed E-state index contributed by atoms with van der Waals surface area (Å²) in [5, 5.41) is 46.3. The highest BCUT2D eigenvalue weighted by Crippen LogP contribution is 2.36. The standard InChI is InChI=1S/C21H14F2N4O3.C15H10BrFN4O3.C6H6BFO2/c1-30-19-9-16(23)18(27(28)29)10-17(19)25-21-24-11-13-5-3-7-15(20(13)26-21)12-4-2-6-14(22)8-12;1-24-13-5-10(17)12(21(22)23)6-11(13)19-15-18-7-8-3-2-4-9(16)14(8)20-15;8-6-3-1-2-5(4-6)7(9)10/h2-11H,1H3,(H,24,25,26);2-7H,1H3,(H,18,19,20);1-4,9-10H. The molecule has 0 atom stereocenters. The quantitative estimate of drug-likeness (QED) is 0.0435. The van der Waals surface area contributed by atoms with E-state index in [1.54, 1.807) is 30.6 Å². The zero-order chi connectivity index (χ0) is 46.1. The fourth-order valence-corrected chi connectivity index (χ4v) is 6.36. The zero-order valence-electron chi connectivity index (χ0n) is 33.0. The molecule has 0 fully saturated rings. The molecule has 0 radical (unpaired) electrons. The maximum atomic E-state index is 13.9. The van der Waals surface area contributed by atoms with Gasteiger partial charge in [0.25, 0.3) is 0 Å². The summed E-state index contributed by atoms with van der Waals surface area (Å²) in [6.45, 7) is 0. The minimum atomic E-state index is -1.59. The van der Waals surface area contributed by atoms with Crippen molar-refractivity contribution in [2.24, 2.45) is 0 Å². The molecule has 324 valence electrons. The molecule has 64 heavy (non-hydrogen) atoms. The van der Waals surface area contributed by atoms with Crippen molar-refractivity contribution in [3.05, 3.63) is 170 Å². The topological polar surface area (TPSA) is 221 Å². The number of benzene rings is 6. The maximum Gasteiger partial charge on any atom is 0.488 e. The van der Waals surface area contributed by atoms with Crippen LogP contribution in [0.25, 0.3) is 32.9 Å². The highest BCUT2D eigenvalue weighted by Gasteiger charge is 2.21. The van der Waals surface area contributed by atoms with E-state index in [4.69, 9.17) is 19.5 Å². The molecule has 0 aliphatic heterocycles. The number of rotatable bonds is 10. The Labute approximate surface area is 367 Å². The summed E-state index contributed by atoms with van der Waals surface area (Å²) in [6, 6.07) is 26.2. The van der Waals surface area contributed by atoms with Crippen LogP contribution >= 0.6 is 15.9 Å². The Balaban J connectivity index is 0.000000178. The number of nitro groups is 2. The van der Waals surface area contributed by atoms with Gasteiger partial charge in [-0.1, -0.05) is 54.6 Å². The van der Waals surface area contributed by atoms with Crippen LogP contribution in [0.4, 0.5) is 52.2 Å². The molecule has 2 aromatic heterocycles. The average molecular weight is 941 g/mol. The number of halogens is 5. The number of fused-ring (bicyclic) bond motifs is 2. The van der Waals surface area contributed by atoms with Gasteiger partial charge in [-0.25, -0.2) is 28.7 Å². The summed E-state index contributed by atoms with van der Waals surface area (Å²) in [5.74, 6) is -2.36. The Morgan fingerprint density at radius 2 is 1.12 bits per heavy atom. The van der Waals surface area contributed by atoms with Crippen LogP contribution in [0.1, 0.15) is 0 Å². The molecule has 6 aromatic carbocycles. The number of nitrogens with zero attached hydrogens (tertiary/aromatic N) is 6. The molecule has 8 rings (SSSR count). The summed E-state index contributed by atoms with van der Waals surface area (Å²) in [7, 11) is 1.06. The molecular formula is C42H30BBrF4N8O8. The first-order chi connectivity index (χ1) is 30.6. The second-order valence-electron chi connectivity index (χ2n) is 13.0. The van der Waals surface area contributed by atoms with Gasteiger partial charge in [0.05, 0.1) is 46.5 Å². The predicted molar refractivity (Wildman–Crippen MR) is 234 cm³/mol. The van der Waals surface area contributed by atoms with Crippen molar-refractivity contribution in [2.45, 2.75) is 0 Å². The largest absolute Gasteiger partial charge is 0.494 e. The van der Waals surface area contributed by atoms with Crippen LogP contribution in [0.2, 0.25) is 0 Å². The number of hydrogen-bond acceptors (Lipinski definition) is 14. The number of hydrogen-bond donors (Lipinski definition) is 4. The Bertz CT molecular complexity index is 3030. The van der Waals surface area contributed by atoms with Crippen molar-refractivity contribution in [3.63, 3.8) is 0 Å². The van der Waals surface area contributed by atoms with Crippen LogP contribution in [-0.4, -0.2) is 61.2 Å². The van der Waals surface area contributed by atoms with E-state index in [1.165, 1.54) is 44.6 Å². The molecule has 16 nitrogen and oxygen atoms in total. The minimum absolute atomic E-state index is 0.0558. The van der Waals surface area contributed by atoms with Crippen LogP contribution in [-0.2, 0) is 0 Å². The number of para-hydroxylation sites is 2. The van der Waals surface area contributed by atoms with Crippen molar-refractivity contribution >= 4 is 85.0 Å². The van der Waals surface area contributed by atoms with Gasteiger partial charge in [-0.15, -0.1) is 0 Å². The summed E-state index contributed by atoms with van der Waals surface area (Å²) in [6.07, 6.45) is 3.18. The fourth-order valence-electron chi connectivity index (χ4n) is 5.89. The highest BCUT2D eigenvalue weighted by atomic mass is 79.9. The van der Waals surface area contributed by atoms with Crippen LogP contribution in [0, 0.1) is 43.5 Å². The number of nitro benzene ring substituents is 2. The third kappa shape index (κ3) is 11.0. The molecule has 8 aromatic rings. The average Bonchev–Trinajstić information content (AvgIpc) is 3.27. The van der Waals surface area contributed by atoms with Gasteiger partial charge in [0.1, 0.15) is 23.1 Å². The van der Waals surface area contributed by atoms with Crippen molar-refractivity contribution < 1.29 is 46.9 Å². The number of nitrogens with one attached hydrogen (secondary N) is 2. The zero-order valence-corrected chi connectivity index (χ0v) is 34.6. The van der Waals surface area contributed by atoms with Crippen molar-refractivity contribution in [1.29, 1.82) is 0 Å². The van der Waals surface area contributed by atoms with Crippen LogP contribution in [0.3, 0.4) is 0 Å². The second kappa shape index (κ2) is 20.4. The first kappa shape index (κ1) is 45.7. The molecule has 0 spiro atoms. The van der Waals surface area contributed by atoms with E-state index < -0.39 is 45.8 Å². The molecule has 0 aliphatic carbocycles. The number of methoxy groups -OCH3 is 2. The van der Waals surface area contributed by atoms with E-state index in [2.05, 4.69) is 46.5 Å². The van der Waals surface area contributed by atoms with Gasteiger partial charge in [-0.05, 0) is 57.3 Å². The van der Waals surface area contributed by atoms with Gasteiger partial charge in [0, 0.05) is 57.5 Å². The van der Waals surface area contributed by atoms with Crippen molar-refractivity contribution in [3.8, 4) is 22.6 Å². The normalized spacial score (nSPS) is 10.5. The van der Waals surface area contributed by atoms with E-state index in [0.29, 0.717) is 22.2 Å². The molecule has 0 saturated heterocycles. The molecule has 0 bridgehead atoms. The van der Waals surface area contributed by atoms with E-state index >= 15 is 0 Å². The molecule has 0 amide bonds. The monoisotopic (exact) mass is 940 g/mol. The Morgan fingerprint density at radius 3 is 1.61 bits per heavy atom. The predicted octanol–water partition coefficient (Wildman–Crippen LogP) is 8.93. The third-order valence-corrected chi connectivity index (χ3v) is 9.52. The highest BCUT2D eigenvalue weighted by molar-refractivity contribution is 9.10. The Kier molecular flexibility index (Phi) is 14.5. The number of ether oxygens (including phenoxy) is 2. The van der Waals surface area contributed by atoms with E-state index in [0.717, 1.165) is 45.6 Å². The van der Waals surface area contributed by atoms with Crippen LogP contribution in [0.15, 0.2) is 126 Å². The number of anilines is 4. The smallest absolute Gasteiger partial charge is 0.488 e. The first-order valence-electron chi connectivity index (χ1n) is 18.3. The van der Waals surface area contributed by atoms with Gasteiger partial charge in [-0.3, -0.25) is 20.2 Å². The van der Waals surface area contributed by atoms with Gasteiger partial charge in [-0.2, -0.15) is 8.78 Å². The molecule has 0 saturated carbocycles. The molecule has 0 unspecified atom stereocenters. The van der Waals surface area contributed by atoms with E-state index in [1.807, 2.05) is 30.3 Å². The fraction of sp³-hybridized carbons (Fsp3) is 0.0476. The maximum absolute atomic E-state index is 13.9. The molecule has 2 heterocycles.